The largest absolute Gasteiger partial charge is 0.384 e. The molecule has 0 amide bonds. The Balaban J connectivity index is 1.69. The Labute approximate surface area is 114 Å². The van der Waals surface area contributed by atoms with Crippen LogP contribution in [0.25, 0.3) is 0 Å². The molecule has 3 heterocycles. The predicted molar refractivity (Wildman–Crippen MR) is 71.8 cm³/mol. The number of fused-ring (bicyclic) bond motifs is 1. The van der Waals surface area contributed by atoms with Crippen LogP contribution in [0.5, 0.6) is 0 Å². The summed E-state index contributed by atoms with van der Waals surface area (Å²) < 4.78 is 7.77. The number of hydrogen-bond donors (Lipinski definition) is 1. The second-order valence-electron chi connectivity index (χ2n) is 5.59. The van der Waals surface area contributed by atoms with E-state index in [1.54, 1.807) is 6.20 Å². The van der Waals surface area contributed by atoms with Crippen LogP contribution < -0.4 is 0 Å². The monoisotopic (exact) mass is 265 g/mol. The van der Waals surface area contributed by atoms with Crippen molar-refractivity contribution in [3.8, 4) is 0 Å². The second kappa shape index (κ2) is 5.61. The van der Waals surface area contributed by atoms with Crippen molar-refractivity contribution in [2.24, 2.45) is 0 Å². The molecule has 2 aliphatic heterocycles. The first-order chi connectivity index (χ1) is 9.29. The summed E-state index contributed by atoms with van der Waals surface area (Å²) in [4.78, 5) is 2.46. The topological polar surface area (TPSA) is 50.5 Å². The SMILES string of the molecule is CCCn1nccc1C(O)C1CN2CCCC2CO1. The normalized spacial score (nSPS) is 29.4. The maximum Gasteiger partial charge on any atom is 0.123 e. The number of aliphatic hydroxyl groups is 1. The molecule has 1 N–H and O–H groups in total. The smallest absolute Gasteiger partial charge is 0.123 e. The van der Waals surface area contributed by atoms with Gasteiger partial charge in [-0.25, -0.2) is 0 Å². The molecule has 19 heavy (non-hydrogen) atoms. The molecule has 3 atom stereocenters. The molecule has 2 aliphatic rings. The summed E-state index contributed by atoms with van der Waals surface area (Å²) in [5, 5.41) is 14.8. The number of hydrogen-bond acceptors (Lipinski definition) is 4. The van der Waals surface area contributed by atoms with Crippen LogP contribution in [-0.2, 0) is 11.3 Å². The van der Waals surface area contributed by atoms with Crippen LogP contribution in [0, 0.1) is 0 Å². The van der Waals surface area contributed by atoms with Gasteiger partial charge >= 0.3 is 0 Å². The maximum absolute atomic E-state index is 10.5. The first-order valence-electron chi connectivity index (χ1n) is 7.35. The third-order valence-electron chi connectivity index (χ3n) is 4.26. The van der Waals surface area contributed by atoms with Crippen LogP contribution in [-0.4, -0.2) is 51.6 Å². The Morgan fingerprint density at radius 1 is 1.58 bits per heavy atom. The van der Waals surface area contributed by atoms with E-state index in [2.05, 4.69) is 16.9 Å². The molecule has 1 aromatic heterocycles. The molecule has 2 fully saturated rings. The average Bonchev–Trinajstić information content (AvgIpc) is 3.05. The molecule has 5 heteroatoms. The van der Waals surface area contributed by atoms with E-state index in [4.69, 9.17) is 4.74 Å². The molecule has 0 saturated carbocycles. The van der Waals surface area contributed by atoms with Crippen molar-refractivity contribution in [2.75, 3.05) is 19.7 Å². The zero-order valence-electron chi connectivity index (χ0n) is 11.5. The van der Waals surface area contributed by atoms with Gasteiger partial charge in [0.1, 0.15) is 12.2 Å². The minimum atomic E-state index is -0.574. The van der Waals surface area contributed by atoms with Crippen molar-refractivity contribution in [1.82, 2.24) is 14.7 Å². The van der Waals surface area contributed by atoms with Gasteiger partial charge in [-0.1, -0.05) is 6.92 Å². The van der Waals surface area contributed by atoms with Gasteiger partial charge in [0.05, 0.1) is 12.3 Å². The molecule has 0 aromatic carbocycles. The standard InChI is InChI=1S/C14H23N3O2/c1-2-7-17-12(5-6-15-17)14(18)13-9-16-8-3-4-11(16)10-19-13/h5-6,11,13-14,18H,2-4,7-10H2,1H3. The van der Waals surface area contributed by atoms with Crippen molar-refractivity contribution in [3.63, 3.8) is 0 Å². The van der Waals surface area contributed by atoms with Gasteiger partial charge in [-0.15, -0.1) is 0 Å². The molecule has 0 aliphatic carbocycles. The summed E-state index contributed by atoms with van der Waals surface area (Å²) in [5.41, 5.74) is 0.879. The van der Waals surface area contributed by atoms with Gasteiger partial charge in [-0.05, 0) is 31.9 Å². The van der Waals surface area contributed by atoms with Gasteiger partial charge in [0.15, 0.2) is 0 Å². The molecule has 5 nitrogen and oxygen atoms in total. The number of aryl methyl sites for hydroxylation is 1. The summed E-state index contributed by atoms with van der Waals surface area (Å²) in [7, 11) is 0. The van der Waals surface area contributed by atoms with Gasteiger partial charge in [0.2, 0.25) is 0 Å². The molecule has 106 valence electrons. The highest BCUT2D eigenvalue weighted by molar-refractivity contribution is 5.08. The molecule has 0 radical (unpaired) electrons. The maximum atomic E-state index is 10.5. The van der Waals surface area contributed by atoms with Gasteiger partial charge in [-0.3, -0.25) is 9.58 Å². The van der Waals surface area contributed by atoms with Crippen molar-refractivity contribution in [2.45, 2.75) is 51.0 Å². The minimum Gasteiger partial charge on any atom is -0.384 e. The lowest BCUT2D eigenvalue weighted by Crippen LogP contribution is -2.48. The van der Waals surface area contributed by atoms with Gasteiger partial charge in [-0.2, -0.15) is 5.10 Å². The van der Waals surface area contributed by atoms with E-state index in [1.165, 1.54) is 12.8 Å². The molecule has 0 bridgehead atoms. The van der Waals surface area contributed by atoms with Crippen LogP contribution in [0.3, 0.4) is 0 Å². The zero-order valence-corrected chi connectivity index (χ0v) is 11.5. The number of ether oxygens (including phenoxy) is 1. The van der Waals surface area contributed by atoms with Crippen LogP contribution in [0.4, 0.5) is 0 Å². The van der Waals surface area contributed by atoms with E-state index >= 15 is 0 Å². The highest BCUT2D eigenvalue weighted by atomic mass is 16.5. The van der Waals surface area contributed by atoms with Crippen molar-refractivity contribution >= 4 is 0 Å². The highest BCUT2D eigenvalue weighted by Crippen LogP contribution is 2.28. The van der Waals surface area contributed by atoms with Crippen molar-refractivity contribution in [3.05, 3.63) is 18.0 Å². The number of aliphatic hydroxyl groups excluding tert-OH is 1. The Bertz CT molecular complexity index is 421. The average molecular weight is 265 g/mol. The molecule has 2 saturated heterocycles. The molecular formula is C14H23N3O2. The van der Waals surface area contributed by atoms with Crippen LogP contribution >= 0.6 is 0 Å². The summed E-state index contributed by atoms with van der Waals surface area (Å²) in [5.74, 6) is 0. The highest BCUT2D eigenvalue weighted by Gasteiger charge is 2.36. The van der Waals surface area contributed by atoms with Gasteiger partial charge in [0.25, 0.3) is 0 Å². The summed E-state index contributed by atoms with van der Waals surface area (Å²) >= 11 is 0. The first-order valence-corrected chi connectivity index (χ1v) is 7.35. The zero-order chi connectivity index (χ0) is 13.2. The molecular weight excluding hydrogens is 242 g/mol. The number of morpholine rings is 1. The Morgan fingerprint density at radius 3 is 3.32 bits per heavy atom. The van der Waals surface area contributed by atoms with Crippen molar-refractivity contribution in [1.29, 1.82) is 0 Å². The number of nitrogens with zero attached hydrogens (tertiary/aromatic N) is 3. The van der Waals surface area contributed by atoms with Crippen molar-refractivity contribution < 1.29 is 9.84 Å². The van der Waals surface area contributed by atoms with Crippen LogP contribution in [0.1, 0.15) is 38.0 Å². The van der Waals surface area contributed by atoms with E-state index in [-0.39, 0.29) is 6.10 Å². The number of rotatable bonds is 4. The molecule has 3 rings (SSSR count). The quantitative estimate of drug-likeness (QED) is 0.888. The lowest BCUT2D eigenvalue weighted by atomic mass is 10.1. The van der Waals surface area contributed by atoms with Crippen LogP contribution in [0.2, 0.25) is 0 Å². The van der Waals surface area contributed by atoms with Gasteiger partial charge < -0.3 is 9.84 Å². The Morgan fingerprint density at radius 2 is 2.47 bits per heavy atom. The van der Waals surface area contributed by atoms with Crippen LogP contribution in [0.15, 0.2) is 12.3 Å². The Hall–Kier alpha value is -0.910. The lowest BCUT2D eigenvalue weighted by molar-refractivity contribution is -0.105. The fourth-order valence-corrected chi connectivity index (χ4v) is 3.22. The Kier molecular flexibility index (Phi) is 3.86. The lowest BCUT2D eigenvalue weighted by Gasteiger charge is -2.37. The molecule has 0 spiro atoms. The van der Waals surface area contributed by atoms with E-state index < -0.39 is 6.10 Å². The number of aromatic nitrogens is 2. The second-order valence-corrected chi connectivity index (χ2v) is 5.59. The first kappa shape index (κ1) is 13.1. The minimum absolute atomic E-state index is 0.123. The van der Waals surface area contributed by atoms with Gasteiger partial charge in [0, 0.05) is 25.3 Å². The fraction of sp³-hybridized carbons (Fsp3) is 0.786. The molecule has 3 unspecified atom stereocenters. The van der Waals surface area contributed by atoms with E-state index in [9.17, 15) is 5.11 Å². The fourth-order valence-electron chi connectivity index (χ4n) is 3.22. The third kappa shape index (κ3) is 2.55. The van der Waals surface area contributed by atoms with E-state index in [0.717, 1.165) is 38.4 Å². The predicted octanol–water partition coefficient (Wildman–Crippen LogP) is 1.19. The molecule has 1 aromatic rings. The van der Waals surface area contributed by atoms with E-state index in [1.807, 2.05) is 10.7 Å². The summed E-state index contributed by atoms with van der Waals surface area (Å²) in [6, 6.07) is 2.48. The third-order valence-corrected chi connectivity index (χ3v) is 4.26. The van der Waals surface area contributed by atoms with E-state index in [0.29, 0.717) is 6.04 Å². The summed E-state index contributed by atoms with van der Waals surface area (Å²) in [6.07, 6.45) is 4.56. The summed E-state index contributed by atoms with van der Waals surface area (Å²) in [6.45, 7) is 5.69.